The Hall–Kier alpha value is -2.04. The molecule has 1 fully saturated rings. The highest BCUT2D eigenvalue weighted by atomic mass is 16.2. The Morgan fingerprint density at radius 3 is 2.73 bits per heavy atom. The van der Waals surface area contributed by atoms with Crippen LogP contribution in [0.15, 0.2) is 18.2 Å². The summed E-state index contributed by atoms with van der Waals surface area (Å²) in [5.74, 6) is 0.0559. The largest absolute Gasteiger partial charge is 0.349 e. The third-order valence-corrected chi connectivity index (χ3v) is 4.23. The number of aryl methyl sites for hydroxylation is 2. The topological polar surface area (TPSA) is 61.4 Å². The number of benzene rings is 1. The van der Waals surface area contributed by atoms with Gasteiger partial charge in [0.1, 0.15) is 0 Å². The number of hydrogen-bond acceptors (Lipinski definition) is 2. The van der Waals surface area contributed by atoms with Crippen molar-refractivity contribution < 1.29 is 9.59 Å². The van der Waals surface area contributed by atoms with Gasteiger partial charge in [-0.25, -0.2) is 4.79 Å². The Balaban J connectivity index is 1.88. The van der Waals surface area contributed by atoms with Crippen LogP contribution in [0, 0.1) is 13.8 Å². The Bertz CT molecular complexity index is 585. The van der Waals surface area contributed by atoms with Gasteiger partial charge in [0.25, 0.3) is 0 Å². The van der Waals surface area contributed by atoms with Crippen molar-refractivity contribution in [1.29, 1.82) is 0 Å². The first kappa shape index (κ1) is 16.3. The van der Waals surface area contributed by atoms with Gasteiger partial charge in [-0.3, -0.25) is 4.79 Å². The predicted molar refractivity (Wildman–Crippen MR) is 86.6 cm³/mol. The third-order valence-electron chi connectivity index (χ3n) is 4.23. The molecule has 1 unspecified atom stereocenters. The first-order valence-corrected chi connectivity index (χ1v) is 7.65. The molecule has 1 saturated heterocycles. The minimum Gasteiger partial charge on any atom is -0.349 e. The molecule has 1 aromatic rings. The highest BCUT2D eigenvalue weighted by Gasteiger charge is 2.33. The summed E-state index contributed by atoms with van der Waals surface area (Å²) in [6, 6.07) is 6.12. The number of amides is 3. The molecule has 1 aliphatic heterocycles. The van der Waals surface area contributed by atoms with Gasteiger partial charge in [0.05, 0.1) is 5.54 Å². The normalized spacial score (nSPS) is 20.6. The van der Waals surface area contributed by atoms with Gasteiger partial charge in [-0.1, -0.05) is 23.8 Å². The summed E-state index contributed by atoms with van der Waals surface area (Å²) < 4.78 is 0. The molecule has 1 heterocycles. The van der Waals surface area contributed by atoms with Crippen molar-refractivity contribution >= 4 is 11.9 Å². The van der Waals surface area contributed by atoms with E-state index in [0.717, 1.165) is 12.0 Å². The number of nitrogens with one attached hydrogen (secondary N) is 2. The van der Waals surface area contributed by atoms with E-state index < -0.39 is 0 Å². The van der Waals surface area contributed by atoms with Gasteiger partial charge < -0.3 is 15.5 Å². The van der Waals surface area contributed by atoms with Crippen molar-refractivity contribution in [1.82, 2.24) is 15.5 Å². The van der Waals surface area contributed by atoms with Gasteiger partial charge in [0.15, 0.2) is 0 Å². The number of hydrogen-bond donors (Lipinski definition) is 2. The fourth-order valence-electron chi connectivity index (χ4n) is 2.74. The number of urea groups is 1. The van der Waals surface area contributed by atoms with Crippen molar-refractivity contribution in [2.45, 2.75) is 45.7 Å². The maximum atomic E-state index is 12.2. The van der Waals surface area contributed by atoms with E-state index in [1.165, 1.54) is 11.1 Å². The quantitative estimate of drug-likeness (QED) is 0.895. The Morgan fingerprint density at radius 2 is 2.14 bits per heavy atom. The van der Waals surface area contributed by atoms with Crippen LogP contribution in [0.3, 0.4) is 0 Å². The number of nitrogens with zero attached hydrogens (tertiary/aromatic N) is 1. The molecule has 1 atom stereocenters. The van der Waals surface area contributed by atoms with Crippen LogP contribution in [0.1, 0.15) is 36.5 Å². The molecule has 0 aromatic heterocycles. The van der Waals surface area contributed by atoms with Crippen LogP contribution in [0.5, 0.6) is 0 Å². The molecule has 1 aliphatic rings. The zero-order valence-electron chi connectivity index (χ0n) is 13.8. The van der Waals surface area contributed by atoms with E-state index in [9.17, 15) is 9.59 Å². The van der Waals surface area contributed by atoms with E-state index in [1.807, 2.05) is 6.92 Å². The average molecular weight is 303 g/mol. The maximum absolute atomic E-state index is 12.2. The predicted octanol–water partition coefficient (Wildman–Crippen LogP) is 2.11. The van der Waals surface area contributed by atoms with Crippen LogP contribution in [0.25, 0.3) is 0 Å². The van der Waals surface area contributed by atoms with Crippen LogP contribution in [0.2, 0.25) is 0 Å². The van der Waals surface area contributed by atoms with Crippen molar-refractivity contribution in [3.05, 3.63) is 34.9 Å². The lowest BCUT2D eigenvalue weighted by Gasteiger charge is -2.26. The van der Waals surface area contributed by atoms with Crippen LogP contribution in [0.4, 0.5) is 4.79 Å². The molecule has 5 heteroatoms. The fourth-order valence-corrected chi connectivity index (χ4v) is 2.74. The summed E-state index contributed by atoms with van der Waals surface area (Å²) in [6.45, 7) is 7.10. The van der Waals surface area contributed by atoms with Crippen LogP contribution >= 0.6 is 0 Å². The van der Waals surface area contributed by atoms with Crippen molar-refractivity contribution in [2.24, 2.45) is 0 Å². The first-order chi connectivity index (χ1) is 10.3. The lowest BCUT2D eigenvalue weighted by Crippen LogP contribution is -2.50. The molecule has 1 aromatic carbocycles. The van der Waals surface area contributed by atoms with Crippen molar-refractivity contribution in [2.75, 3.05) is 13.6 Å². The van der Waals surface area contributed by atoms with Crippen molar-refractivity contribution in [3.8, 4) is 0 Å². The summed E-state index contributed by atoms with van der Waals surface area (Å²) in [5.41, 5.74) is 3.23. The zero-order valence-corrected chi connectivity index (χ0v) is 13.8. The second kappa shape index (κ2) is 6.38. The summed E-state index contributed by atoms with van der Waals surface area (Å²) in [4.78, 5) is 25.2. The maximum Gasteiger partial charge on any atom is 0.317 e. The molecule has 0 spiro atoms. The lowest BCUT2D eigenvalue weighted by atomic mass is 10.0. The van der Waals surface area contributed by atoms with Crippen LogP contribution in [-0.2, 0) is 11.3 Å². The standard InChI is InChI=1S/C17H25N3O2/c1-12-5-6-14(13(2)9-12)10-20(4)16(22)18-11-17(3)8-7-15(21)19-17/h5-6,9H,7-8,10-11H2,1-4H3,(H,18,22)(H,19,21). The monoisotopic (exact) mass is 303 g/mol. The molecule has 5 nitrogen and oxygen atoms in total. The number of rotatable bonds is 4. The Labute approximate surface area is 132 Å². The average Bonchev–Trinajstić information content (AvgIpc) is 2.79. The van der Waals surface area contributed by atoms with Crippen LogP contribution in [-0.4, -0.2) is 36.0 Å². The Morgan fingerprint density at radius 1 is 1.41 bits per heavy atom. The molecule has 0 aliphatic carbocycles. The summed E-state index contributed by atoms with van der Waals surface area (Å²) >= 11 is 0. The van der Waals surface area contributed by atoms with Gasteiger partial charge in [-0.2, -0.15) is 0 Å². The van der Waals surface area contributed by atoms with E-state index >= 15 is 0 Å². The minimum atomic E-state index is -0.326. The van der Waals surface area contributed by atoms with Gasteiger partial charge in [-0.05, 0) is 38.3 Å². The van der Waals surface area contributed by atoms with Gasteiger partial charge in [0.2, 0.25) is 5.91 Å². The van der Waals surface area contributed by atoms with E-state index in [2.05, 4.69) is 42.7 Å². The Kier molecular flexibility index (Phi) is 4.74. The highest BCUT2D eigenvalue weighted by Crippen LogP contribution is 2.18. The fraction of sp³-hybridized carbons (Fsp3) is 0.529. The van der Waals surface area contributed by atoms with E-state index in [4.69, 9.17) is 0 Å². The van der Waals surface area contributed by atoms with Crippen LogP contribution < -0.4 is 10.6 Å². The summed E-state index contributed by atoms with van der Waals surface area (Å²) in [7, 11) is 1.78. The first-order valence-electron chi connectivity index (χ1n) is 7.65. The lowest BCUT2D eigenvalue weighted by molar-refractivity contribution is -0.119. The molecule has 2 N–H and O–H groups in total. The summed E-state index contributed by atoms with van der Waals surface area (Å²) in [5, 5.41) is 5.83. The number of carbonyl (C=O) groups is 2. The molecular formula is C17H25N3O2. The third kappa shape index (κ3) is 4.00. The second-order valence-corrected chi connectivity index (χ2v) is 6.55. The van der Waals surface area contributed by atoms with Gasteiger partial charge >= 0.3 is 6.03 Å². The number of carbonyl (C=O) groups excluding carboxylic acids is 2. The molecule has 3 amide bonds. The molecule has 2 rings (SSSR count). The SMILES string of the molecule is Cc1ccc(CN(C)C(=O)NCC2(C)CCC(=O)N2)c(C)c1. The molecule has 22 heavy (non-hydrogen) atoms. The van der Waals surface area contributed by atoms with E-state index in [-0.39, 0.29) is 17.5 Å². The molecular weight excluding hydrogens is 278 g/mol. The van der Waals surface area contributed by atoms with Gasteiger partial charge in [0, 0.05) is 26.6 Å². The molecule has 120 valence electrons. The van der Waals surface area contributed by atoms with Gasteiger partial charge in [-0.15, -0.1) is 0 Å². The molecule has 0 radical (unpaired) electrons. The second-order valence-electron chi connectivity index (χ2n) is 6.55. The zero-order chi connectivity index (χ0) is 16.3. The smallest absolute Gasteiger partial charge is 0.317 e. The summed E-state index contributed by atoms with van der Waals surface area (Å²) in [6.07, 6.45) is 1.29. The van der Waals surface area contributed by atoms with E-state index in [1.54, 1.807) is 11.9 Å². The highest BCUT2D eigenvalue weighted by molar-refractivity contribution is 5.80. The molecule has 0 bridgehead atoms. The molecule has 0 saturated carbocycles. The van der Waals surface area contributed by atoms with Crippen molar-refractivity contribution in [3.63, 3.8) is 0 Å². The van der Waals surface area contributed by atoms with E-state index in [0.29, 0.717) is 19.5 Å². The minimum absolute atomic E-state index is 0.0559.